The first-order valence-electron chi connectivity index (χ1n) is 5.47. The Bertz CT molecular complexity index is 177. The topological polar surface area (TPSA) is 21.3 Å². The minimum atomic E-state index is 0.108. The monoisotopic (exact) mass is 183 g/mol. The van der Waals surface area contributed by atoms with E-state index in [0.29, 0.717) is 5.41 Å². The molecular formula is C11H21NO. The van der Waals surface area contributed by atoms with Crippen molar-refractivity contribution in [3.63, 3.8) is 0 Å². The minimum Gasteiger partial charge on any atom is -0.376 e. The molecule has 0 bridgehead atoms. The molecule has 1 atom stereocenters. The van der Waals surface area contributed by atoms with Crippen molar-refractivity contribution in [1.82, 2.24) is 5.32 Å². The normalized spacial score (nSPS) is 39.2. The molecule has 2 nitrogen and oxygen atoms in total. The lowest BCUT2D eigenvalue weighted by molar-refractivity contribution is -0.110. The van der Waals surface area contributed by atoms with Crippen LogP contribution in [0.15, 0.2) is 0 Å². The van der Waals surface area contributed by atoms with Crippen molar-refractivity contribution >= 4 is 0 Å². The predicted octanol–water partition coefficient (Wildman–Crippen LogP) is 1.95. The zero-order valence-corrected chi connectivity index (χ0v) is 8.86. The second-order valence-corrected chi connectivity index (χ2v) is 5.32. The lowest BCUT2D eigenvalue weighted by atomic mass is 9.70. The van der Waals surface area contributed by atoms with E-state index < -0.39 is 0 Å². The maximum absolute atomic E-state index is 5.77. The van der Waals surface area contributed by atoms with Crippen molar-refractivity contribution < 1.29 is 4.74 Å². The SMILES string of the molecule is CC1(C)C[C@@]2(CCCNC2)CCO1. The van der Waals surface area contributed by atoms with Gasteiger partial charge in [-0.2, -0.15) is 0 Å². The molecular weight excluding hydrogens is 162 g/mol. The van der Waals surface area contributed by atoms with E-state index in [4.69, 9.17) is 4.74 Å². The van der Waals surface area contributed by atoms with Crippen LogP contribution in [0.4, 0.5) is 0 Å². The van der Waals surface area contributed by atoms with E-state index in [9.17, 15) is 0 Å². The minimum absolute atomic E-state index is 0.108. The molecule has 0 aromatic carbocycles. The largest absolute Gasteiger partial charge is 0.376 e. The zero-order valence-electron chi connectivity index (χ0n) is 8.86. The van der Waals surface area contributed by atoms with E-state index in [1.54, 1.807) is 0 Å². The Morgan fingerprint density at radius 1 is 1.23 bits per heavy atom. The molecule has 2 aliphatic heterocycles. The van der Waals surface area contributed by atoms with Gasteiger partial charge in [0, 0.05) is 13.2 Å². The summed E-state index contributed by atoms with van der Waals surface area (Å²) in [6, 6.07) is 0. The van der Waals surface area contributed by atoms with Gasteiger partial charge in [0.2, 0.25) is 0 Å². The maximum atomic E-state index is 5.77. The van der Waals surface area contributed by atoms with Crippen LogP contribution in [-0.2, 0) is 4.74 Å². The van der Waals surface area contributed by atoms with Gasteiger partial charge in [0.25, 0.3) is 0 Å². The molecule has 0 unspecified atom stereocenters. The third-order valence-electron chi connectivity index (χ3n) is 3.49. The van der Waals surface area contributed by atoms with Crippen LogP contribution in [0.3, 0.4) is 0 Å². The molecule has 2 rings (SSSR count). The molecule has 2 fully saturated rings. The van der Waals surface area contributed by atoms with Crippen molar-refractivity contribution in [1.29, 1.82) is 0 Å². The molecule has 2 heterocycles. The predicted molar refractivity (Wildman–Crippen MR) is 53.8 cm³/mol. The molecule has 2 saturated heterocycles. The third-order valence-corrected chi connectivity index (χ3v) is 3.49. The molecule has 2 aliphatic rings. The van der Waals surface area contributed by atoms with Gasteiger partial charge in [0.05, 0.1) is 5.60 Å². The highest BCUT2D eigenvalue weighted by Crippen LogP contribution is 2.42. The van der Waals surface area contributed by atoms with Crippen molar-refractivity contribution in [3.8, 4) is 0 Å². The molecule has 0 radical (unpaired) electrons. The Labute approximate surface area is 81.0 Å². The Morgan fingerprint density at radius 2 is 2.08 bits per heavy atom. The van der Waals surface area contributed by atoms with Gasteiger partial charge in [-0.3, -0.25) is 0 Å². The van der Waals surface area contributed by atoms with Gasteiger partial charge in [-0.25, -0.2) is 0 Å². The standard InChI is InChI=1S/C11H21NO/c1-10(2)8-11(5-7-13-10)4-3-6-12-9-11/h12H,3-9H2,1-2H3/t11-/m1/s1. The van der Waals surface area contributed by atoms with Crippen LogP contribution < -0.4 is 5.32 Å². The van der Waals surface area contributed by atoms with Crippen LogP contribution >= 0.6 is 0 Å². The van der Waals surface area contributed by atoms with Crippen LogP contribution in [0, 0.1) is 5.41 Å². The van der Waals surface area contributed by atoms with E-state index in [0.717, 1.165) is 6.61 Å². The fourth-order valence-electron chi connectivity index (χ4n) is 2.98. The van der Waals surface area contributed by atoms with Gasteiger partial charge in [0.1, 0.15) is 0 Å². The highest BCUT2D eigenvalue weighted by molar-refractivity contribution is 4.93. The average molecular weight is 183 g/mol. The van der Waals surface area contributed by atoms with Crippen LogP contribution in [0.25, 0.3) is 0 Å². The van der Waals surface area contributed by atoms with Crippen molar-refractivity contribution in [2.24, 2.45) is 5.41 Å². The summed E-state index contributed by atoms with van der Waals surface area (Å²) in [5.41, 5.74) is 0.664. The zero-order chi connectivity index (χ0) is 9.36. The lowest BCUT2D eigenvalue weighted by Gasteiger charge is -2.47. The van der Waals surface area contributed by atoms with Crippen molar-refractivity contribution in [2.75, 3.05) is 19.7 Å². The van der Waals surface area contributed by atoms with E-state index >= 15 is 0 Å². The molecule has 0 amide bonds. The number of rotatable bonds is 0. The highest BCUT2D eigenvalue weighted by atomic mass is 16.5. The summed E-state index contributed by atoms with van der Waals surface area (Å²) < 4.78 is 5.77. The van der Waals surface area contributed by atoms with E-state index in [1.807, 2.05) is 0 Å². The smallest absolute Gasteiger partial charge is 0.0632 e. The summed E-state index contributed by atoms with van der Waals surface area (Å²) in [5.74, 6) is 0. The van der Waals surface area contributed by atoms with Crippen LogP contribution in [-0.4, -0.2) is 25.3 Å². The van der Waals surface area contributed by atoms with Crippen molar-refractivity contribution in [3.05, 3.63) is 0 Å². The maximum Gasteiger partial charge on any atom is 0.0632 e. The van der Waals surface area contributed by atoms with E-state index in [2.05, 4.69) is 19.2 Å². The molecule has 13 heavy (non-hydrogen) atoms. The Kier molecular flexibility index (Phi) is 2.37. The number of ether oxygens (including phenoxy) is 1. The summed E-state index contributed by atoms with van der Waals surface area (Å²) in [7, 11) is 0. The van der Waals surface area contributed by atoms with Gasteiger partial charge in [-0.15, -0.1) is 0 Å². The van der Waals surface area contributed by atoms with Gasteiger partial charge in [-0.1, -0.05) is 0 Å². The molecule has 1 N–H and O–H groups in total. The van der Waals surface area contributed by atoms with Gasteiger partial charge in [-0.05, 0) is 51.5 Å². The first-order valence-corrected chi connectivity index (χ1v) is 5.47. The Hall–Kier alpha value is -0.0800. The molecule has 0 saturated carbocycles. The first-order chi connectivity index (χ1) is 6.12. The summed E-state index contributed by atoms with van der Waals surface area (Å²) in [6.07, 6.45) is 5.22. The molecule has 1 spiro atoms. The summed E-state index contributed by atoms with van der Waals surface area (Å²) in [6.45, 7) is 7.82. The van der Waals surface area contributed by atoms with E-state index in [1.165, 1.54) is 38.8 Å². The summed E-state index contributed by atoms with van der Waals surface area (Å²) in [5, 5.41) is 3.53. The average Bonchev–Trinajstić information content (AvgIpc) is 2.03. The molecule has 2 heteroatoms. The Morgan fingerprint density at radius 3 is 2.69 bits per heavy atom. The van der Waals surface area contributed by atoms with E-state index in [-0.39, 0.29) is 5.60 Å². The number of hydrogen-bond donors (Lipinski definition) is 1. The van der Waals surface area contributed by atoms with Gasteiger partial charge in [0.15, 0.2) is 0 Å². The Balaban J connectivity index is 2.04. The number of piperidine rings is 1. The molecule has 76 valence electrons. The first kappa shape index (κ1) is 9.47. The van der Waals surface area contributed by atoms with Crippen molar-refractivity contribution in [2.45, 2.75) is 45.1 Å². The second kappa shape index (κ2) is 3.25. The third kappa shape index (κ3) is 2.05. The number of hydrogen-bond acceptors (Lipinski definition) is 2. The highest BCUT2D eigenvalue weighted by Gasteiger charge is 2.41. The van der Waals surface area contributed by atoms with Crippen LogP contribution in [0.5, 0.6) is 0 Å². The number of nitrogens with one attached hydrogen (secondary N) is 1. The quantitative estimate of drug-likeness (QED) is 0.619. The lowest BCUT2D eigenvalue weighted by Crippen LogP contribution is -2.49. The molecule has 0 aromatic heterocycles. The van der Waals surface area contributed by atoms with Gasteiger partial charge >= 0.3 is 0 Å². The van der Waals surface area contributed by atoms with Crippen LogP contribution in [0.2, 0.25) is 0 Å². The second-order valence-electron chi connectivity index (χ2n) is 5.32. The molecule has 0 aromatic rings. The fourth-order valence-corrected chi connectivity index (χ4v) is 2.98. The fraction of sp³-hybridized carbons (Fsp3) is 1.00. The summed E-state index contributed by atoms with van der Waals surface area (Å²) in [4.78, 5) is 0. The van der Waals surface area contributed by atoms with Crippen LogP contribution in [0.1, 0.15) is 39.5 Å². The summed E-state index contributed by atoms with van der Waals surface area (Å²) >= 11 is 0. The molecule has 0 aliphatic carbocycles. The van der Waals surface area contributed by atoms with Gasteiger partial charge < -0.3 is 10.1 Å².